The van der Waals surface area contributed by atoms with Gasteiger partial charge in [-0.05, 0) is 33.3 Å². The average molecular weight is 441 g/mol. The van der Waals surface area contributed by atoms with Crippen molar-refractivity contribution in [2.75, 3.05) is 37.7 Å². The monoisotopic (exact) mass is 440 g/mol. The van der Waals surface area contributed by atoms with E-state index in [4.69, 9.17) is 4.74 Å². The fourth-order valence-electron chi connectivity index (χ4n) is 4.14. The second-order valence-electron chi connectivity index (χ2n) is 7.85. The lowest BCUT2D eigenvalue weighted by Crippen LogP contribution is -2.50. The topological polar surface area (TPSA) is 111 Å². The number of aryl methyl sites for hydroxylation is 3. The number of amides is 1. The van der Waals surface area contributed by atoms with Crippen molar-refractivity contribution in [1.29, 1.82) is 0 Å². The molecule has 3 aromatic rings. The molecule has 3 aromatic heterocycles. The molecule has 0 aliphatic carbocycles. The van der Waals surface area contributed by atoms with Crippen LogP contribution < -0.4 is 4.90 Å². The second kappa shape index (κ2) is 8.93. The Morgan fingerprint density at radius 2 is 1.91 bits per heavy atom. The number of aromatic nitrogens is 6. The molecule has 0 spiro atoms. The molecule has 170 valence electrons. The minimum absolute atomic E-state index is 0.0212. The highest BCUT2D eigenvalue weighted by molar-refractivity contribution is 5.92. The van der Waals surface area contributed by atoms with Gasteiger partial charge in [-0.15, -0.1) is 0 Å². The van der Waals surface area contributed by atoms with Crippen LogP contribution in [0.4, 0.5) is 5.82 Å². The largest absolute Gasteiger partial charge is 0.466 e. The van der Waals surface area contributed by atoms with E-state index in [-0.39, 0.29) is 18.3 Å². The molecule has 0 unspecified atom stereocenters. The zero-order chi connectivity index (χ0) is 22.8. The Morgan fingerprint density at radius 1 is 1.16 bits per heavy atom. The second-order valence-corrected chi connectivity index (χ2v) is 7.85. The minimum Gasteiger partial charge on any atom is -0.466 e. The van der Waals surface area contributed by atoms with Crippen LogP contribution in [-0.2, 0) is 23.0 Å². The number of carbonyl (C=O) groups excluding carboxylic acids is 2. The molecule has 1 fully saturated rings. The molecule has 0 aromatic carbocycles. The smallest absolute Gasteiger partial charge is 0.306 e. The first kappa shape index (κ1) is 21.7. The van der Waals surface area contributed by atoms with Crippen LogP contribution in [-0.4, -0.2) is 78.9 Å². The number of anilines is 1. The number of piperazine rings is 1. The van der Waals surface area contributed by atoms with Gasteiger partial charge in [-0.2, -0.15) is 19.7 Å². The van der Waals surface area contributed by atoms with E-state index in [0.29, 0.717) is 50.7 Å². The fraction of sp³-hybridized carbons (Fsp3) is 0.524. The summed E-state index contributed by atoms with van der Waals surface area (Å²) >= 11 is 0. The fourth-order valence-corrected chi connectivity index (χ4v) is 4.14. The normalized spacial score (nSPS) is 14.2. The van der Waals surface area contributed by atoms with E-state index in [9.17, 15) is 9.59 Å². The molecule has 1 amide bonds. The van der Waals surface area contributed by atoms with Crippen LogP contribution in [0.3, 0.4) is 0 Å². The first-order valence-corrected chi connectivity index (χ1v) is 10.8. The maximum absolute atomic E-state index is 13.0. The molecular weight excluding hydrogens is 412 g/mol. The zero-order valence-corrected chi connectivity index (χ0v) is 18.9. The quantitative estimate of drug-likeness (QED) is 0.521. The third-order valence-electron chi connectivity index (χ3n) is 5.68. The molecule has 1 saturated heterocycles. The molecule has 4 rings (SSSR count). The Morgan fingerprint density at radius 3 is 2.56 bits per heavy atom. The van der Waals surface area contributed by atoms with Crippen molar-refractivity contribution in [2.45, 2.75) is 33.6 Å². The predicted octanol–water partition coefficient (Wildman–Crippen LogP) is 0.933. The summed E-state index contributed by atoms with van der Waals surface area (Å²) in [4.78, 5) is 37.8. The van der Waals surface area contributed by atoms with Gasteiger partial charge >= 0.3 is 5.97 Å². The lowest BCUT2D eigenvalue weighted by atomic mass is 10.1. The van der Waals surface area contributed by atoms with E-state index in [1.54, 1.807) is 23.2 Å². The maximum atomic E-state index is 13.0. The minimum atomic E-state index is -0.238. The lowest BCUT2D eigenvalue weighted by Gasteiger charge is -2.37. The Bertz CT molecular complexity index is 1140. The summed E-state index contributed by atoms with van der Waals surface area (Å²) < 4.78 is 8.44. The van der Waals surface area contributed by atoms with Crippen molar-refractivity contribution in [2.24, 2.45) is 7.05 Å². The van der Waals surface area contributed by atoms with Gasteiger partial charge in [-0.1, -0.05) is 0 Å². The standard InChI is InChI=1S/C21H28N8O3/c1-5-32-18(30)7-6-16-15(3)24-21-22-13-23-29(21)19(16)27-8-10-28(11-9-27)20(31)17-12-14(2)25-26(17)4/h12-13H,5-11H2,1-4H3. The van der Waals surface area contributed by atoms with Gasteiger partial charge in [0, 0.05) is 50.9 Å². The molecule has 4 heterocycles. The van der Waals surface area contributed by atoms with Crippen molar-refractivity contribution in [3.8, 4) is 0 Å². The van der Waals surface area contributed by atoms with Crippen molar-refractivity contribution >= 4 is 23.5 Å². The predicted molar refractivity (Wildman–Crippen MR) is 117 cm³/mol. The highest BCUT2D eigenvalue weighted by Crippen LogP contribution is 2.26. The van der Waals surface area contributed by atoms with E-state index in [0.717, 1.165) is 22.8 Å². The van der Waals surface area contributed by atoms with Crippen LogP contribution in [0, 0.1) is 13.8 Å². The van der Waals surface area contributed by atoms with Gasteiger partial charge in [0.2, 0.25) is 0 Å². The molecule has 0 bridgehead atoms. The third kappa shape index (κ3) is 4.14. The number of rotatable bonds is 6. The molecule has 0 radical (unpaired) electrons. The summed E-state index contributed by atoms with van der Waals surface area (Å²) in [5.74, 6) is 1.13. The number of esters is 1. The zero-order valence-electron chi connectivity index (χ0n) is 18.9. The van der Waals surface area contributed by atoms with E-state index >= 15 is 0 Å². The summed E-state index contributed by atoms with van der Waals surface area (Å²) in [5.41, 5.74) is 3.16. The molecule has 0 N–H and O–H groups in total. The molecule has 32 heavy (non-hydrogen) atoms. The molecular formula is C21H28N8O3. The SMILES string of the molecule is CCOC(=O)CCc1c(C)nc2ncnn2c1N1CCN(C(=O)c2cc(C)nn2C)CC1. The Kier molecular flexibility index (Phi) is 6.06. The summed E-state index contributed by atoms with van der Waals surface area (Å²) in [6.07, 6.45) is 2.24. The first-order chi connectivity index (χ1) is 15.4. The van der Waals surface area contributed by atoms with E-state index in [2.05, 4.69) is 25.1 Å². The van der Waals surface area contributed by atoms with Crippen LogP contribution in [0.1, 0.15) is 40.8 Å². The van der Waals surface area contributed by atoms with Crippen molar-refractivity contribution in [1.82, 2.24) is 34.3 Å². The number of nitrogens with zero attached hydrogens (tertiary/aromatic N) is 8. The van der Waals surface area contributed by atoms with Gasteiger partial charge in [0.15, 0.2) is 0 Å². The number of carbonyl (C=O) groups is 2. The maximum Gasteiger partial charge on any atom is 0.306 e. The lowest BCUT2D eigenvalue weighted by molar-refractivity contribution is -0.143. The van der Waals surface area contributed by atoms with Crippen LogP contribution in [0.25, 0.3) is 5.78 Å². The third-order valence-corrected chi connectivity index (χ3v) is 5.68. The Hall–Kier alpha value is -3.50. The molecule has 1 aliphatic rings. The number of hydrogen-bond acceptors (Lipinski definition) is 8. The highest BCUT2D eigenvalue weighted by atomic mass is 16.5. The van der Waals surface area contributed by atoms with Crippen molar-refractivity contribution in [3.63, 3.8) is 0 Å². The van der Waals surface area contributed by atoms with E-state index in [1.165, 1.54) is 6.33 Å². The Labute approximate surface area is 186 Å². The van der Waals surface area contributed by atoms with Gasteiger partial charge in [0.1, 0.15) is 17.8 Å². The van der Waals surface area contributed by atoms with Gasteiger partial charge in [-0.25, -0.2) is 4.98 Å². The molecule has 0 atom stereocenters. The van der Waals surface area contributed by atoms with Crippen molar-refractivity contribution < 1.29 is 14.3 Å². The summed E-state index contributed by atoms with van der Waals surface area (Å²) in [5, 5.41) is 8.65. The number of fused-ring (bicyclic) bond motifs is 1. The van der Waals surface area contributed by atoms with Crippen LogP contribution >= 0.6 is 0 Å². The van der Waals surface area contributed by atoms with Gasteiger partial charge < -0.3 is 14.5 Å². The highest BCUT2D eigenvalue weighted by Gasteiger charge is 2.28. The number of hydrogen-bond donors (Lipinski definition) is 0. The first-order valence-electron chi connectivity index (χ1n) is 10.8. The average Bonchev–Trinajstić information content (AvgIpc) is 3.36. The summed E-state index contributed by atoms with van der Waals surface area (Å²) in [7, 11) is 1.79. The van der Waals surface area contributed by atoms with Crippen molar-refractivity contribution in [3.05, 3.63) is 35.0 Å². The molecule has 11 heteroatoms. The molecule has 11 nitrogen and oxygen atoms in total. The molecule has 0 saturated carbocycles. The van der Waals surface area contributed by atoms with Gasteiger partial charge in [-0.3, -0.25) is 14.3 Å². The van der Waals surface area contributed by atoms with Crippen LogP contribution in [0.15, 0.2) is 12.4 Å². The van der Waals surface area contributed by atoms with E-state index in [1.807, 2.05) is 24.8 Å². The van der Waals surface area contributed by atoms with Crippen LogP contribution in [0.2, 0.25) is 0 Å². The van der Waals surface area contributed by atoms with Gasteiger partial charge in [0.05, 0.1) is 12.3 Å². The summed E-state index contributed by atoms with van der Waals surface area (Å²) in [6, 6.07) is 1.81. The van der Waals surface area contributed by atoms with Crippen LogP contribution in [0.5, 0.6) is 0 Å². The molecule has 1 aliphatic heterocycles. The number of ether oxygens (including phenoxy) is 1. The van der Waals surface area contributed by atoms with Gasteiger partial charge in [0.25, 0.3) is 11.7 Å². The van der Waals surface area contributed by atoms with E-state index < -0.39 is 0 Å². The summed E-state index contributed by atoms with van der Waals surface area (Å²) in [6.45, 7) is 8.35. The Balaban J connectivity index is 1.56.